The number of rotatable bonds is 5. The van der Waals surface area contributed by atoms with Crippen LogP contribution in [0.15, 0.2) is 12.1 Å². The Hall–Kier alpha value is -2.18. The first-order chi connectivity index (χ1) is 10.4. The number of esters is 1. The normalized spacial score (nSPS) is 16.1. The summed E-state index contributed by atoms with van der Waals surface area (Å²) in [5.41, 5.74) is 0.979. The van der Waals surface area contributed by atoms with Gasteiger partial charge in [-0.15, -0.1) is 0 Å². The lowest BCUT2D eigenvalue weighted by molar-refractivity contribution is -0.484. The van der Waals surface area contributed by atoms with Gasteiger partial charge in [-0.3, -0.25) is 14.9 Å². The van der Waals surface area contributed by atoms with Gasteiger partial charge in [-0.2, -0.15) is 0 Å². The quantitative estimate of drug-likeness (QED) is 0.474. The molecule has 0 amide bonds. The number of methoxy groups -OCH3 is 1. The average Bonchev–Trinajstić information content (AvgIpc) is 2.50. The molecule has 0 saturated carbocycles. The Morgan fingerprint density at radius 1 is 1.55 bits per heavy atom. The van der Waals surface area contributed by atoms with Gasteiger partial charge < -0.3 is 9.47 Å². The van der Waals surface area contributed by atoms with Gasteiger partial charge in [0.05, 0.1) is 25.6 Å². The van der Waals surface area contributed by atoms with E-state index in [-0.39, 0.29) is 5.56 Å². The minimum Gasteiger partial charge on any atom is -0.493 e. The highest BCUT2D eigenvalue weighted by molar-refractivity contribution is 5.73. The summed E-state index contributed by atoms with van der Waals surface area (Å²) in [6, 6.07) is 2.83. The molecule has 2 rings (SSSR count). The Labute approximate surface area is 127 Å². The molecule has 0 bridgehead atoms. The van der Waals surface area contributed by atoms with Crippen molar-refractivity contribution in [1.29, 1.82) is 0 Å². The smallest absolute Gasteiger partial charge is 0.309 e. The van der Waals surface area contributed by atoms with Gasteiger partial charge in [0.25, 0.3) is 0 Å². The molecule has 0 saturated heterocycles. The summed E-state index contributed by atoms with van der Waals surface area (Å²) >= 11 is 0. The fourth-order valence-electron chi connectivity index (χ4n) is 2.71. The van der Waals surface area contributed by atoms with Crippen molar-refractivity contribution in [1.82, 2.24) is 0 Å². The summed E-state index contributed by atoms with van der Waals surface area (Å²) < 4.78 is 24.4. The summed E-state index contributed by atoms with van der Waals surface area (Å²) in [4.78, 5) is 22.1. The first kappa shape index (κ1) is 16.2. The van der Waals surface area contributed by atoms with Gasteiger partial charge in [-0.1, -0.05) is 6.92 Å². The van der Waals surface area contributed by atoms with Gasteiger partial charge in [-0.05, 0) is 30.0 Å². The highest BCUT2D eigenvalue weighted by Crippen LogP contribution is 2.34. The molecule has 0 aromatic heterocycles. The monoisotopic (exact) mass is 311 g/mol. The lowest BCUT2D eigenvalue weighted by Gasteiger charge is -2.23. The summed E-state index contributed by atoms with van der Waals surface area (Å²) in [7, 11) is 1.21. The highest BCUT2D eigenvalue weighted by Gasteiger charge is 2.33. The van der Waals surface area contributed by atoms with Gasteiger partial charge in [0.1, 0.15) is 11.6 Å². The Bertz CT molecular complexity index is 590. The number of ether oxygens (including phenoxy) is 2. The molecule has 0 spiro atoms. The zero-order valence-electron chi connectivity index (χ0n) is 12.5. The Morgan fingerprint density at radius 2 is 2.27 bits per heavy atom. The molecule has 2 atom stereocenters. The van der Waals surface area contributed by atoms with Crippen LogP contribution < -0.4 is 4.74 Å². The fraction of sp³-hybridized carbons (Fsp3) is 0.533. The van der Waals surface area contributed by atoms with Crippen LogP contribution in [0.3, 0.4) is 0 Å². The Balaban J connectivity index is 2.42. The average molecular weight is 311 g/mol. The molecule has 0 N–H and O–H groups in total. The summed E-state index contributed by atoms with van der Waals surface area (Å²) in [5, 5.41) is 10.9. The zero-order chi connectivity index (χ0) is 16.3. The van der Waals surface area contributed by atoms with Crippen molar-refractivity contribution in [3.05, 3.63) is 39.2 Å². The molecule has 1 aliphatic rings. The van der Waals surface area contributed by atoms with Crippen molar-refractivity contribution in [2.45, 2.75) is 25.7 Å². The van der Waals surface area contributed by atoms with E-state index in [4.69, 9.17) is 4.74 Å². The third-order valence-electron chi connectivity index (χ3n) is 3.95. The van der Waals surface area contributed by atoms with Crippen LogP contribution in [0.2, 0.25) is 0 Å². The molecule has 1 aromatic carbocycles. The topological polar surface area (TPSA) is 78.7 Å². The maximum atomic E-state index is 14.4. The Kier molecular flexibility index (Phi) is 4.95. The third kappa shape index (κ3) is 3.35. The van der Waals surface area contributed by atoms with Crippen molar-refractivity contribution in [3.63, 3.8) is 0 Å². The predicted octanol–water partition coefficient (Wildman–Crippen LogP) is 2.32. The molecule has 1 heterocycles. The van der Waals surface area contributed by atoms with Crippen molar-refractivity contribution >= 4 is 5.97 Å². The minimum atomic E-state index is -0.880. The van der Waals surface area contributed by atoms with Crippen molar-refractivity contribution in [3.8, 4) is 5.75 Å². The number of nitro groups is 1. The van der Waals surface area contributed by atoms with Crippen LogP contribution in [0.5, 0.6) is 5.75 Å². The van der Waals surface area contributed by atoms with E-state index in [1.165, 1.54) is 20.1 Å². The number of aryl methyl sites for hydroxylation is 1. The summed E-state index contributed by atoms with van der Waals surface area (Å²) in [6.45, 7) is 1.50. The number of hydrogen-bond acceptors (Lipinski definition) is 5. The van der Waals surface area contributed by atoms with E-state index in [1.54, 1.807) is 6.07 Å². The highest BCUT2D eigenvalue weighted by atomic mass is 19.1. The van der Waals surface area contributed by atoms with Crippen LogP contribution in [0.25, 0.3) is 0 Å². The van der Waals surface area contributed by atoms with Gasteiger partial charge in [0, 0.05) is 11.0 Å². The number of nitrogens with zero attached hydrogens (tertiary/aromatic N) is 1. The first-order valence-electron chi connectivity index (χ1n) is 7.08. The Morgan fingerprint density at radius 3 is 2.91 bits per heavy atom. The number of hydrogen-bond donors (Lipinski definition) is 0. The van der Waals surface area contributed by atoms with Crippen LogP contribution in [0.4, 0.5) is 4.39 Å². The van der Waals surface area contributed by atoms with E-state index in [0.29, 0.717) is 12.4 Å². The van der Waals surface area contributed by atoms with Crippen LogP contribution >= 0.6 is 0 Å². The van der Waals surface area contributed by atoms with Crippen molar-refractivity contribution < 1.29 is 23.6 Å². The van der Waals surface area contributed by atoms with Gasteiger partial charge >= 0.3 is 5.97 Å². The largest absolute Gasteiger partial charge is 0.493 e. The molecule has 0 aliphatic carbocycles. The number of carbonyl (C=O) groups is 1. The minimum absolute atomic E-state index is 0.166. The summed E-state index contributed by atoms with van der Waals surface area (Å²) in [6.07, 6.45) is 1.53. The van der Waals surface area contributed by atoms with E-state index in [0.717, 1.165) is 18.4 Å². The molecule has 1 aliphatic heterocycles. The van der Waals surface area contributed by atoms with E-state index in [1.807, 2.05) is 0 Å². The summed E-state index contributed by atoms with van der Waals surface area (Å²) in [5.74, 6) is -2.41. The van der Waals surface area contributed by atoms with Gasteiger partial charge in [-0.25, -0.2) is 4.39 Å². The molecular formula is C15H18FNO5. The van der Waals surface area contributed by atoms with E-state index >= 15 is 0 Å². The van der Waals surface area contributed by atoms with Crippen molar-refractivity contribution in [2.75, 3.05) is 20.3 Å². The zero-order valence-corrected chi connectivity index (χ0v) is 12.5. The molecule has 7 heteroatoms. The van der Waals surface area contributed by atoms with E-state index in [2.05, 4.69) is 4.74 Å². The number of halogens is 1. The van der Waals surface area contributed by atoms with Gasteiger partial charge in [0.15, 0.2) is 0 Å². The maximum absolute atomic E-state index is 14.4. The lowest BCUT2D eigenvalue weighted by atomic mass is 9.85. The second-order valence-electron chi connectivity index (χ2n) is 5.37. The second-order valence-corrected chi connectivity index (χ2v) is 5.37. The SMILES string of the molecule is COC(=O)C(C)[C@@H](C[N+](=O)[O-])c1cc2c(cc1F)OCCC2. The molecule has 1 aromatic rings. The molecular weight excluding hydrogens is 293 g/mol. The molecule has 22 heavy (non-hydrogen) atoms. The number of carbonyl (C=O) groups excluding carboxylic acids is 1. The molecule has 0 fully saturated rings. The standard InChI is InChI=1S/C15H18FNO5/c1-9(15(18)21-2)12(8-17(19)20)11-6-10-4-3-5-22-14(10)7-13(11)16/h6-7,9,12H,3-5,8H2,1-2H3/t9?,12-/m1/s1. The second kappa shape index (κ2) is 6.72. The van der Waals surface area contributed by atoms with Gasteiger partial charge in [0.2, 0.25) is 6.54 Å². The van der Waals surface area contributed by atoms with E-state index < -0.39 is 35.1 Å². The number of benzene rings is 1. The maximum Gasteiger partial charge on any atom is 0.309 e. The van der Waals surface area contributed by atoms with Crippen LogP contribution in [0.1, 0.15) is 30.4 Å². The molecule has 1 unspecified atom stereocenters. The lowest BCUT2D eigenvalue weighted by Crippen LogP contribution is -2.27. The van der Waals surface area contributed by atoms with Crippen LogP contribution in [0, 0.1) is 21.8 Å². The fourth-order valence-corrected chi connectivity index (χ4v) is 2.71. The van der Waals surface area contributed by atoms with Crippen LogP contribution in [-0.4, -0.2) is 31.2 Å². The molecule has 6 nitrogen and oxygen atoms in total. The molecule has 0 radical (unpaired) electrons. The molecule has 120 valence electrons. The predicted molar refractivity (Wildman–Crippen MR) is 76.0 cm³/mol. The van der Waals surface area contributed by atoms with E-state index in [9.17, 15) is 19.3 Å². The van der Waals surface area contributed by atoms with Crippen molar-refractivity contribution in [2.24, 2.45) is 5.92 Å². The number of fused-ring (bicyclic) bond motifs is 1. The third-order valence-corrected chi connectivity index (χ3v) is 3.95. The van der Waals surface area contributed by atoms with Crippen LogP contribution in [-0.2, 0) is 16.0 Å². The first-order valence-corrected chi connectivity index (χ1v) is 7.08.